The summed E-state index contributed by atoms with van der Waals surface area (Å²) < 4.78 is 2.07. The first-order valence-electron chi connectivity index (χ1n) is 6.66. The normalized spacial score (nSPS) is 14.4. The Balaban J connectivity index is 1.69. The standard InChI is InChI=1S/C14H13N5OS/c15-11-9-2-1-3-17-13(9)21-12(11)14(20)19-7-6-18-5-4-16-10(18)8-19/h1-5H,6-8,15H2. The molecule has 3 aromatic heterocycles. The number of pyridine rings is 1. The average molecular weight is 299 g/mol. The Morgan fingerprint density at radius 2 is 2.19 bits per heavy atom. The molecule has 0 unspecified atom stereocenters. The fraction of sp³-hybridized carbons (Fsp3) is 0.214. The molecule has 4 heterocycles. The van der Waals surface area contributed by atoms with Crippen LogP contribution in [0.5, 0.6) is 0 Å². The van der Waals surface area contributed by atoms with E-state index in [0.717, 1.165) is 22.6 Å². The van der Waals surface area contributed by atoms with Crippen LogP contribution in [-0.2, 0) is 13.1 Å². The molecular formula is C14H13N5OS. The van der Waals surface area contributed by atoms with E-state index in [0.29, 0.717) is 23.7 Å². The van der Waals surface area contributed by atoms with Crippen molar-refractivity contribution < 1.29 is 4.79 Å². The second kappa shape index (κ2) is 4.56. The summed E-state index contributed by atoms with van der Waals surface area (Å²) in [6, 6.07) is 3.73. The Morgan fingerprint density at radius 1 is 1.29 bits per heavy atom. The van der Waals surface area contributed by atoms with Crippen molar-refractivity contribution in [1.29, 1.82) is 0 Å². The largest absolute Gasteiger partial charge is 0.397 e. The molecule has 7 heteroatoms. The number of carbonyl (C=O) groups excluding carboxylic acids is 1. The van der Waals surface area contributed by atoms with Crippen molar-refractivity contribution in [1.82, 2.24) is 19.4 Å². The van der Waals surface area contributed by atoms with Gasteiger partial charge >= 0.3 is 0 Å². The Labute approximate surface area is 124 Å². The minimum absolute atomic E-state index is 0.0373. The minimum Gasteiger partial charge on any atom is -0.397 e. The summed E-state index contributed by atoms with van der Waals surface area (Å²) >= 11 is 1.35. The highest BCUT2D eigenvalue weighted by molar-refractivity contribution is 7.21. The SMILES string of the molecule is Nc1c(C(=O)N2CCn3ccnc3C2)sc2ncccc12. The molecule has 2 N–H and O–H groups in total. The number of thiophene rings is 1. The fourth-order valence-corrected chi connectivity index (χ4v) is 3.63. The number of nitrogens with two attached hydrogens (primary N) is 1. The van der Waals surface area contributed by atoms with Crippen LogP contribution in [-0.4, -0.2) is 31.9 Å². The number of carbonyl (C=O) groups is 1. The van der Waals surface area contributed by atoms with Crippen LogP contribution in [0.1, 0.15) is 15.5 Å². The smallest absolute Gasteiger partial charge is 0.266 e. The number of anilines is 1. The Kier molecular flexibility index (Phi) is 2.68. The van der Waals surface area contributed by atoms with Gasteiger partial charge in [-0.2, -0.15) is 0 Å². The number of hydrogen-bond acceptors (Lipinski definition) is 5. The van der Waals surface area contributed by atoms with Crippen LogP contribution in [0.15, 0.2) is 30.7 Å². The maximum Gasteiger partial charge on any atom is 0.266 e. The monoisotopic (exact) mass is 299 g/mol. The van der Waals surface area contributed by atoms with Gasteiger partial charge in [0.2, 0.25) is 0 Å². The van der Waals surface area contributed by atoms with E-state index in [1.54, 1.807) is 17.3 Å². The third kappa shape index (κ3) is 1.89. The lowest BCUT2D eigenvalue weighted by molar-refractivity contribution is 0.0713. The molecule has 6 nitrogen and oxygen atoms in total. The third-order valence-corrected chi connectivity index (χ3v) is 4.85. The van der Waals surface area contributed by atoms with E-state index >= 15 is 0 Å². The first-order valence-corrected chi connectivity index (χ1v) is 7.48. The van der Waals surface area contributed by atoms with E-state index in [4.69, 9.17) is 5.73 Å². The van der Waals surface area contributed by atoms with Crippen LogP contribution in [0.2, 0.25) is 0 Å². The second-order valence-electron chi connectivity index (χ2n) is 4.96. The van der Waals surface area contributed by atoms with Gasteiger partial charge < -0.3 is 15.2 Å². The highest BCUT2D eigenvalue weighted by atomic mass is 32.1. The lowest BCUT2D eigenvalue weighted by Crippen LogP contribution is -2.38. The van der Waals surface area contributed by atoms with E-state index in [9.17, 15) is 4.79 Å². The summed E-state index contributed by atoms with van der Waals surface area (Å²) in [7, 11) is 0. The molecule has 1 aliphatic rings. The molecule has 0 atom stereocenters. The van der Waals surface area contributed by atoms with Crippen molar-refractivity contribution in [2.24, 2.45) is 0 Å². The number of hydrogen-bond donors (Lipinski definition) is 1. The molecule has 1 amide bonds. The van der Waals surface area contributed by atoms with Crippen molar-refractivity contribution in [3.8, 4) is 0 Å². The number of amides is 1. The van der Waals surface area contributed by atoms with Gasteiger partial charge in [-0.15, -0.1) is 11.3 Å². The molecule has 0 aliphatic carbocycles. The van der Waals surface area contributed by atoms with Gasteiger partial charge in [-0.05, 0) is 12.1 Å². The lowest BCUT2D eigenvalue weighted by atomic mass is 10.2. The fourth-order valence-electron chi connectivity index (χ4n) is 2.60. The van der Waals surface area contributed by atoms with E-state index in [-0.39, 0.29) is 5.91 Å². The quantitative estimate of drug-likeness (QED) is 0.742. The number of imidazole rings is 1. The third-order valence-electron chi connectivity index (χ3n) is 3.73. The van der Waals surface area contributed by atoms with Gasteiger partial charge in [-0.1, -0.05) is 0 Å². The van der Waals surface area contributed by atoms with Gasteiger partial charge in [-0.3, -0.25) is 4.79 Å². The van der Waals surface area contributed by atoms with Gasteiger partial charge in [0.05, 0.1) is 12.2 Å². The molecule has 0 fully saturated rings. The summed E-state index contributed by atoms with van der Waals surface area (Å²) in [5.41, 5.74) is 6.65. The zero-order valence-electron chi connectivity index (χ0n) is 11.2. The summed E-state index contributed by atoms with van der Waals surface area (Å²) in [5.74, 6) is 0.872. The van der Waals surface area contributed by atoms with E-state index < -0.39 is 0 Å². The number of rotatable bonds is 1. The Morgan fingerprint density at radius 3 is 3.05 bits per heavy atom. The number of nitrogen functional groups attached to an aromatic ring is 1. The van der Waals surface area contributed by atoms with E-state index in [2.05, 4.69) is 14.5 Å². The topological polar surface area (TPSA) is 77.0 Å². The van der Waals surface area contributed by atoms with Gasteiger partial charge in [0.25, 0.3) is 5.91 Å². The van der Waals surface area contributed by atoms with Crippen molar-refractivity contribution in [3.63, 3.8) is 0 Å². The number of nitrogens with zero attached hydrogens (tertiary/aromatic N) is 4. The maximum absolute atomic E-state index is 12.7. The van der Waals surface area contributed by atoms with E-state index in [1.807, 2.05) is 18.3 Å². The summed E-state index contributed by atoms with van der Waals surface area (Å²) in [5, 5.41) is 0.851. The summed E-state index contributed by atoms with van der Waals surface area (Å²) in [6.07, 6.45) is 5.42. The molecule has 1 aliphatic heterocycles. The second-order valence-corrected chi connectivity index (χ2v) is 5.96. The van der Waals surface area contributed by atoms with Crippen molar-refractivity contribution in [3.05, 3.63) is 41.4 Å². The number of fused-ring (bicyclic) bond motifs is 2. The molecule has 0 saturated heterocycles. The Hall–Kier alpha value is -2.41. The summed E-state index contributed by atoms with van der Waals surface area (Å²) in [4.78, 5) is 24.4. The first kappa shape index (κ1) is 12.3. The molecule has 21 heavy (non-hydrogen) atoms. The molecule has 0 spiro atoms. The zero-order chi connectivity index (χ0) is 14.4. The van der Waals surface area contributed by atoms with Crippen LogP contribution < -0.4 is 5.73 Å². The van der Waals surface area contributed by atoms with Crippen LogP contribution in [0.4, 0.5) is 5.69 Å². The number of aromatic nitrogens is 3. The minimum atomic E-state index is -0.0373. The first-order chi connectivity index (χ1) is 10.2. The molecule has 0 bridgehead atoms. The molecular weight excluding hydrogens is 286 g/mol. The van der Waals surface area contributed by atoms with Crippen LogP contribution in [0.3, 0.4) is 0 Å². The average Bonchev–Trinajstić information content (AvgIpc) is 3.11. The zero-order valence-corrected chi connectivity index (χ0v) is 12.0. The predicted octanol–water partition coefficient (Wildman–Crippen LogP) is 1.73. The molecule has 0 aromatic carbocycles. The van der Waals surface area contributed by atoms with Gasteiger partial charge in [-0.25, -0.2) is 9.97 Å². The van der Waals surface area contributed by atoms with Crippen molar-refractivity contribution in [2.75, 3.05) is 12.3 Å². The van der Waals surface area contributed by atoms with Crippen LogP contribution in [0, 0.1) is 0 Å². The molecule has 106 valence electrons. The Bertz CT molecular complexity index is 837. The molecule has 0 radical (unpaired) electrons. The maximum atomic E-state index is 12.7. The van der Waals surface area contributed by atoms with Gasteiger partial charge in [0.1, 0.15) is 15.5 Å². The lowest BCUT2D eigenvalue weighted by Gasteiger charge is -2.27. The summed E-state index contributed by atoms with van der Waals surface area (Å²) in [6.45, 7) is 1.96. The highest BCUT2D eigenvalue weighted by Crippen LogP contribution is 2.33. The van der Waals surface area contributed by atoms with Gasteiger partial charge in [0, 0.05) is 37.1 Å². The van der Waals surface area contributed by atoms with Crippen LogP contribution >= 0.6 is 11.3 Å². The predicted molar refractivity (Wildman–Crippen MR) is 81.0 cm³/mol. The van der Waals surface area contributed by atoms with E-state index in [1.165, 1.54) is 11.3 Å². The van der Waals surface area contributed by atoms with Crippen molar-refractivity contribution >= 4 is 33.1 Å². The molecule has 0 saturated carbocycles. The molecule has 4 rings (SSSR count). The molecule has 3 aromatic rings. The van der Waals surface area contributed by atoms with Gasteiger partial charge in [0.15, 0.2) is 0 Å². The van der Waals surface area contributed by atoms with Crippen LogP contribution in [0.25, 0.3) is 10.2 Å². The van der Waals surface area contributed by atoms with Crippen molar-refractivity contribution in [2.45, 2.75) is 13.1 Å². The highest BCUT2D eigenvalue weighted by Gasteiger charge is 2.26.